The summed E-state index contributed by atoms with van der Waals surface area (Å²) in [7, 11) is 0. The molecule has 0 saturated carbocycles. The van der Waals surface area contributed by atoms with E-state index in [0.717, 1.165) is 36.1 Å². The van der Waals surface area contributed by atoms with Crippen LogP contribution >= 0.6 is 0 Å². The van der Waals surface area contributed by atoms with Crippen molar-refractivity contribution in [2.75, 3.05) is 6.61 Å². The molecule has 0 aliphatic carbocycles. The van der Waals surface area contributed by atoms with E-state index >= 15 is 0 Å². The molecule has 1 amide bonds. The molecule has 0 bridgehead atoms. The van der Waals surface area contributed by atoms with E-state index in [1.165, 1.54) is 5.56 Å². The van der Waals surface area contributed by atoms with Crippen LogP contribution in [-0.4, -0.2) is 12.5 Å². The number of nitrogens with two attached hydrogens (primary N) is 1. The molecular weight excluding hydrogens is 252 g/mol. The molecule has 4 nitrogen and oxygen atoms in total. The number of carbonyl (C=O) groups excluding carboxylic acids is 1. The van der Waals surface area contributed by atoms with Crippen LogP contribution in [0.3, 0.4) is 0 Å². The minimum atomic E-state index is -0.0219. The highest BCUT2D eigenvalue weighted by molar-refractivity contribution is 5.73. The number of hydrogen-bond acceptors (Lipinski definition) is 3. The number of carbonyl (C=O) groups is 1. The van der Waals surface area contributed by atoms with Crippen LogP contribution in [-0.2, 0) is 11.2 Å². The van der Waals surface area contributed by atoms with Gasteiger partial charge in [0.05, 0.1) is 12.6 Å². The highest BCUT2D eigenvalue weighted by atomic mass is 16.5. The molecule has 1 heterocycles. The summed E-state index contributed by atoms with van der Waals surface area (Å²) >= 11 is 0. The van der Waals surface area contributed by atoms with E-state index in [2.05, 4.69) is 31.3 Å². The first-order chi connectivity index (χ1) is 9.56. The Labute approximate surface area is 120 Å². The van der Waals surface area contributed by atoms with Crippen LogP contribution in [0.15, 0.2) is 12.1 Å². The van der Waals surface area contributed by atoms with Gasteiger partial charge in [0.25, 0.3) is 0 Å². The lowest BCUT2D eigenvalue weighted by Gasteiger charge is -2.30. The molecule has 0 spiro atoms. The van der Waals surface area contributed by atoms with Crippen LogP contribution in [0.2, 0.25) is 0 Å². The van der Waals surface area contributed by atoms with Gasteiger partial charge in [-0.3, -0.25) is 4.79 Å². The molecule has 2 unspecified atom stereocenters. The molecule has 2 atom stereocenters. The number of benzene rings is 1. The maximum Gasteiger partial charge on any atom is 0.217 e. The van der Waals surface area contributed by atoms with Crippen LogP contribution in [0.5, 0.6) is 5.75 Å². The first-order valence-electron chi connectivity index (χ1n) is 7.39. The van der Waals surface area contributed by atoms with Gasteiger partial charge in [-0.25, -0.2) is 0 Å². The molecule has 4 heteroatoms. The smallest absolute Gasteiger partial charge is 0.217 e. The second-order valence-corrected chi connectivity index (χ2v) is 5.36. The van der Waals surface area contributed by atoms with Gasteiger partial charge in [0, 0.05) is 30.5 Å². The number of nitrogens with one attached hydrogen (secondary N) is 1. The Bertz CT molecular complexity index is 499. The zero-order chi connectivity index (χ0) is 14.7. The van der Waals surface area contributed by atoms with Crippen molar-refractivity contribution in [2.24, 2.45) is 5.73 Å². The lowest BCUT2D eigenvalue weighted by molar-refractivity contribution is -0.119. The van der Waals surface area contributed by atoms with Crippen molar-refractivity contribution in [3.05, 3.63) is 28.8 Å². The molecule has 0 radical (unpaired) electrons. The van der Waals surface area contributed by atoms with E-state index in [-0.39, 0.29) is 18.0 Å². The van der Waals surface area contributed by atoms with Gasteiger partial charge in [-0.05, 0) is 18.4 Å². The average molecular weight is 276 g/mol. The van der Waals surface area contributed by atoms with Gasteiger partial charge in [0.2, 0.25) is 5.91 Å². The predicted octanol–water partition coefficient (Wildman–Crippen LogP) is 2.62. The summed E-state index contributed by atoms with van der Waals surface area (Å²) in [6.07, 6.45) is 2.62. The van der Waals surface area contributed by atoms with Gasteiger partial charge in [-0.2, -0.15) is 0 Å². The maximum atomic E-state index is 11.4. The fourth-order valence-corrected chi connectivity index (χ4v) is 2.69. The van der Waals surface area contributed by atoms with E-state index in [1.807, 2.05) is 0 Å². The Kier molecular flexibility index (Phi) is 4.65. The molecule has 0 saturated heterocycles. The Balaban J connectivity index is 2.49. The zero-order valence-electron chi connectivity index (χ0n) is 12.5. The minimum Gasteiger partial charge on any atom is -0.493 e. The van der Waals surface area contributed by atoms with Crippen LogP contribution in [0.1, 0.15) is 62.4 Å². The molecule has 0 aromatic heterocycles. The fourth-order valence-electron chi connectivity index (χ4n) is 2.69. The Morgan fingerprint density at radius 1 is 1.50 bits per heavy atom. The van der Waals surface area contributed by atoms with Crippen molar-refractivity contribution in [3.63, 3.8) is 0 Å². The van der Waals surface area contributed by atoms with E-state index in [9.17, 15) is 4.79 Å². The van der Waals surface area contributed by atoms with Crippen molar-refractivity contribution < 1.29 is 9.53 Å². The number of rotatable bonds is 4. The SMILES string of the molecule is CCc1cc(C(N)CC)c2c(c1)C(NC(C)=O)CCO2. The molecule has 3 N–H and O–H groups in total. The molecule has 0 fully saturated rings. The topological polar surface area (TPSA) is 64.3 Å². The lowest BCUT2D eigenvalue weighted by Crippen LogP contribution is -2.31. The van der Waals surface area contributed by atoms with Gasteiger partial charge in [0.15, 0.2) is 0 Å². The van der Waals surface area contributed by atoms with Gasteiger partial charge in [0.1, 0.15) is 5.75 Å². The summed E-state index contributed by atoms with van der Waals surface area (Å²) in [6, 6.07) is 4.29. The summed E-state index contributed by atoms with van der Waals surface area (Å²) in [6.45, 7) is 6.37. The normalized spacial score (nSPS) is 18.9. The van der Waals surface area contributed by atoms with E-state index in [0.29, 0.717) is 6.61 Å². The molecule has 1 aliphatic rings. The highest BCUT2D eigenvalue weighted by Crippen LogP contribution is 2.39. The fraction of sp³-hybridized carbons (Fsp3) is 0.562. The zero-order valence-corrected chi connectivity index (χ0v) is 12.5. The molecule has 2 rings (SSSR count). The summed E-state index contributed by atoms with van der Waals surface area (Å²) in [4.78, 5) is 11.4. The minimum absolute atomic E-state index is 0.00825. The maximum absolute atomic E-state index is 11.4. The summed E-state index contributed by atoms with van der Waals surface area (Å²) in [5.74, 6) is 0.868. The van der Waals surface area contributed by atoms with Gasteiger partial charge in [-0.1, -0.05) is 26.0 Å². The van der Waals surface area contributed by atoms with Crippen molar-refractivity contribution in [1.82, 2.24) is 5.32 Å². The third-order valence-corrected chi connectivity index (χ3v) is 3.86. The van der Waals surface area contributed by atoms with Crippen LogP contribution < -0.4 is 15.8 Å². The largest absolute Gasteiger partial charge is 0.493 e. The van der Waals surface area contributed by atoms with Gasteiger partial charge >= 0.3 is 0 Å². The van der Waals surface area contributed by atoms with E-state index in [1.54, 1.807) is 6.92 Å². The number of ether oxygens (including phenoxy) is 1. The summed E-state index contributed by atoms with van der Waals surface area (Å²) in [5.41, 5.74) is 9.60. The molecular formula is C16H24N2O2. The van der Waals surface area contributed by atoms with E-state index < -0.39 is 0 Å². The first-order valence-corrected chi connectivity index (χ1v) is 7.39. The second kappa shape index (κ2) is 6.27. The van der Waals surface area contributed by atoms with Crippen LogP contribution in [0, 0.1) is 0 Å². The molecule has 110 valence electrons. The first kappa shape index (κ1) is 14.9. The van der Waals surface area contributed by atoms with Crippen LogP contribution in [0.25, 0.3) is 0 Å². The van der Waals surface area contributed by atoms with Crippen molar-refractivity contribution >= 4 is 5.91 Å². The van der Waals surface area contributed by atoms with Crippen molar-refractivity contribution in [2.45, 2.75) is 52.1 Å². The Morgan fingerprint density at radius 2 is 2.25 bits per heavy atom. The predicted molar refractivity (Wildman–Crippen MR) is 79.7 cm³/mol. The monoisotopic (exact) mass is 276 g/mol. The Hall–Kier alpha value is -1.55. The molecule has 20 heavy (non-hydrogen) atoms. The third kappa shape index (κ3) is 2.96. The Morgan fingerprint density at radius 3 is 2.85 bits per heavy atom. The molecule has 1 aromatic carbocycles. The molecule has 1 aromatic rings. The number of hydrogen-bond donors (Lipinski definition) is 2. The summed E-state index contributed by atoms with van der Waals surface area (Å²) in [5, 5.41) is 3.01. The average Bonchev–Trinajstić information content (AvgIpc) is 2.45. The second-order valence-electron chi connectivity index (χ2n) is 5.36. The molecule has 1 aliphatic heterocycles. The number of aryl methyl sites for hydroxylation is 1. The van der Waals surface area contributed by atoms with E-state index in [4.69, 9.17) is 10.5 Å². The quantitative estimate of drug-likeness (QED) is 0.888. The third-order valence-electron chi connectivity index (χ3n) is 3.86. The number of amides is 1. The van der Waals surface area contributed by atoms with Gasteiger partial charge in [-0.15, -0.1) is 0 Å². The highest BCUT2D eigenvalue weighted by Gasteiger charge is 2.26. The number of fused-ring (bicyclic) bond motifs is 1. The van der Waals surface area contributed by atoms with Crippen molar-refractivity contribution in [1.29, 1.82) is 0 Å². The lowest BCUT2D eigenvalue weighted by atomic mass is 9.91. The standard InChI is InChI=1S/C16H24N2O2/c1-4-11-8-12(14(17)5-2)16-13(9-11)15(6-7-20-16)18-10(3)19/h8-9,14-15H,4-7,17H2,1-3H3,(H,18,19). The summed E-state index contributed by atoms with van der Waals surface area (Å²) < 4.78 is 5.86. The van der Waals surface area contributed by atoms with Gasteiger partial charge < -0.3 is 15.8 Å². The van der Waals surface area contributed by atoms with Crippen LogP contribution in [0.4, 0.5) is 0 Å². The van der Waals surface area contributed by atoms with Crippen molar-refractivity contribution in [3.8, 4) is 5.75 Å².